The SMILES string of the molecule is CCCC(C)C1=Cc2c(-c3ccc(C(C)(C)C)cc3)cccc2[CH]1[Zr]([Cl])([Cl])([CH]1C(C)=Cc2c(-c3ccc(C(C)CC)cc3)cccc21)[SiH](C)C. The molecule has 2 aliphatic carbocycles. The molecule has 6 rings (SSSR count). The molecule has 0 amide bonds. The summed E-state index contributed by atoms with van der Waals surface area (Å²) in [6.07, 6.45) is 8.40. The maximum absolute atomic E-state index is 8.73. The summed E-state index contributed by atoms with van der Waals surface area (Å²) in [4.78, 5) is 0. The van der Waals surface area contributed by atoms with Crippen molar-refractivity contribution >= 4 is 35.1 Å². The van der Waals surface area contributed by atoms with Gasteiger partial charge >= 0.3 is 315 Å². The molecule has 4 heteroatoms. The van der Waals surface area contributed by atoms with E-state index in [-0.39, 0.29) is 12.7 Å². The van der Waals surface area contributed by atoms with Crippen LogP contribution < -0.4 is 0 Å². The van der Waals surface area contributed by atoms with Gasteiger partial charge < -0.3 is 0 Å². The number of fused-ring (bicyclic) bond motifs is 2. The zero-order valence-electron chi connectivity index (χ0n) is 32.0. The van der Waals surface area contributed by atoms with Crippen LogP contribution in [0.5, 0.6) is 0 Å². The fraction of sp³-hybridized carbons (Fsp3) is 0.391. The van der Waals surface area contributed by atoms with Crippen molar-refractivity contribution in [1.29, 1.82) is 0 Å². The van der Waals surface area contributed by atoms with Gasteiger partial charge in [0.1, 0.15) is 0 Å². The Labute approximate surface area is 312 Å². The van der Waals surface area contributed by atoms with E-state index in [1.165, 1.54) is 66.8 Å². The van der Waals surface area contributed by atoms with Gasteiger partial charge in [-0.2, -0.15) is 0 Å². The van der Waals surface area contributed by atoms with E-state index in [0.717, 1.165) is 19.3 Å². The van der Waals surface area contributed by atoms with Crippen LogP contribution in [0.4, 0.5) is 0 Å². The topological polar surface area (TPSA) is 0 Å². The normalized spacial score (nSPS) is 19.3. The summed E-state index contributed by atoms with van der Waals surface area (Å²) in [6.45, 7) is 23.4. The maximum atomic E-state index is 8.73. The first-order valence-electron chi connectivity index (χ1n) is 19.1. The second-order valence-electron chi connectivity index (χ2n) is 16.8. The molecule has 4 aromatic carbocycles. The summed E-state index contributed by atoms with van der Waals surface area (Å²) in [7, 11) is 17.5. The van der Waals surface area contributed by atoms with E-state index < -0.39 is 21.5 Å². The molecule has 4 aromatic rings. The van der Waals surface area contributed by atoms with Crippen LogP contribution in [0.15, 0.2) is 96.1 Å². The Bertz CT molecular complexity index is 1940. The second kappa shape index (κ2) is 14.1. The van der Waals surface area contributed by atoms with Crippen LogP contribution in [0, 0.1) is 5.92 Å². The second-order valence-corrected chi connectivity index (χ2v) is 59.4. The molecule has 4 unspecified atom stereocenters. The van der Waals surface area contributed by atoms with Crippen molar-refractivity contribution in [2.75, 3.05) is 0 Å². The van der Waals surface area contributed by atoms with Crippen LogP contribution in [-0.2, 0) is 21.0 Å². The van der Waals surface area contributed by atoms with E-state index in [1.54, 1.807) is 0 Å². The Morgan fingerprint density at radius 2 is 1.22 bits per heavy atom. The zero-order chi connectivity index (χ0) is 36.2. The molecule has 0 bridgehead atoms. The Hall–Kier alpha value is -1.96. The van der Waals surface area contributed by atoms with Gasteiger partial charge in [-0.05, 0) is 0 Å². The van der Waals surface area contributed by atoms with Crippen LogP contribution in [0.2, 0.25) is 13.1 Å². The summed E-state index contributed by atoms with van der Waals surface area (Å²) >= 11 is -4.86. The Kier molecular flexibility index (Phi) is 10.7. The fourth-order valence-electron chi connectivity index (χ4n) is 9.07. The van der Waals surface area contributed by atoms with Crippen LogP contribution in [0.1, 0.15) is 121 Å². The first-order valence-corrected chi connectivity index (χ1v) is 35.4. The average molecular weight is 800 g/mol. The average Bonchev–Trinajstić information content (AvgIpc) is 3.67. The molecule has 0 aliphatic heterocycles. The number of rotatable bonds is 10. The van der Waals surface area contributed by atoms with E-state index in [2.05, 4.69) is 166 Å². The quantitative estimate of drug-likeness (QED) is 0.140. The predicted molar refractivity (Wildman–Crippen MR) is 223 cm³/mol. The monoisotopic (exact) mass is 797 g/mol. The minimum absolute atomic E-state index is 0.0867. The molecule has 50 heavy (non-hydrogen) atoms. The van der Waals surface area contributed by atoms with Crippen LogP contribution >= 0.6 is 17.0 Å². The number of halogens is 2. The Balaban J connectivity index is 1.53. The molecule has 0 spiro atoms. The van der Waals surface area contributed by atoms with E-state index >= 15 is 0 Å². The summed E-state index contributed by atoms with van der Waals surface area (Å²) in [5.41, 5.74) is 16.2. The third kappa shape index (κ3) is 6.37. The zero-order valence-corrected chi connectivity index (χ0v) is 37.1. The molecule has 0 saturated carbocycles. The van der Waals surface area contributed by atoms with Crippen LogP contribution in [0.25, 0.3) is 34.4 Å². The molecule has 263 valence electrons. The molecule has 0 radical (unpaired) electrons. The predicted octanol–water partition coefficient (Wildman–Crippen LogP) is 14.8. The number of hydrogen-bond donors (Lipinski definition) is 0. The van der Waals surface area contributed by atoms with Gasteiger partial charge in [0.2, 0.25) is 0 Å². The summed E-state index contributed by atoms with van der Waals surface area (Å²) in [6, 6.07) is 32.3. The summed E-state index contributed by atoms with van der Waals surface area (Å²) < 4.78 is 0.179. The summed E-state index contributed by atoms with van der Waals surface area (Å²) in [5, 5.41) is 0. The van der Waals surface area contributed by atoms with Crippen molar-refractivity contribution < 1.29 is 15.6 Å². The van der Waals surface area contributed by atoms with E-state index in [4.69, 9.17) is 17.0 Å². The fourth-order valence-corrected chi connectivity index (χ4v) is 41.1. The van der Waals surface area contributed by atoms with Crippen molar-refractivity contribution in [2.45, 2.75) is 106 Å². The Morgan fingerprint density at radius 1 is 0.700 bits per heavy atom. The van der Waals surface area contributed by atoms with E-state index in [0.29, 0.717) is 11.8 Å². The number of benzene rings is 4. The molecule has 0 heterocycles. The third-order valence-electron chi connectivity index (χ3n) is 12.3. The van der Waals surface area contributed by atoms with Crippen molar-refractivity contribution in [3.8, 4) is 22.3 Å². The van der Waals surface area contributed by atoms with Crippen LogP contribution in [-0.4, -0.2) is 5.92 Å². The standard InChI is InChI=1S/C24H29.C20H21.C2H7Si.2ClH.Zr/c1-6-8-17(2)20-15-19-9-7-10-22(23(19)16-20)18-11-13-21(14-12-18)24(3,4)5;1-4-15(3)16-8-10-17(11-9-16)19-7-5-6-18-12-14(2)13-20(18)19;1-3-2;;;/h7,9-17H,6,8H2,1-5H3;5-13,15H,4H2,1-3H3;3H,1-2H3;2*1H;/q;;;;;+2/p-2. The minimum atomic E-state index is -4.86. The van der Waals surface area contributed by atoms with Gasteiger partial charge in [-0.3, -0.25) is 0 Å². The molecule has 0 fully saturated rings. The van der Waals surface area contributed by atoms with Crippen molar-refractivity contribution in [2.24, 2.45) is 5.92 Å². The van der Waals surface area contributed by atoms with Gasteiger partial charge in [-0.1, -0.05) is 0 Å². The van der Waals surface area contributed by atoms with E-state index in [1.807, 2.05) is 0 Å². The number of allylic oxidation sites excluding steroid dienone is 2. The van der Waals surface area contributed by atoms with Crippen molar-refractivity contribution in [1.82, 2.24) is 0 Å². The molecule has 2 aliphatic rings. The molecule has 0 nitrogen and oxygen atoms in total. The molecular formula is C46H57Cl2SiZr. The first-order chi connectivity index (χ1) is 23.6. The van der Waals surface area contributed by atoms with Gasteiger partial charge in [0, 0.05) is 0 Å². The van der Waals surface area contributed by atoms with Gasteiger partial charge in [0.15, 0.2) is 0 Å². The first kappa shape index (κ1) is 37.8. The van der Waals surface area contributed by atoms with Crippen molar-refractivity contribution in [3.63, 3.8) is 0 Å². The molecule has 0 aromatic heterocycles. The Morgan fingerprint density at radius 3 is 1.72 bits per heavy atom. The van der Waals surface area contributed by atoms with Gasteiger partial charge in [0.25, 0.3) is 0 Å². The van der Waals surface area contributed by atoms with E-state index in [9.17, 15) is 0 Å². The molecule has 0 saturated heterocycles. The van der Waals surface area contributed by atoms with Gasteiger partial charge in [0.05, 0.1) is 0 Å². The molecule has 4 atom stereocenters. The third-order valence-corrected chi connectivity index (χ3v) is 64.3. The molecular weight excluding hydrogens is 743 g/mol. The van der Waals surface area contributed by atoms with Crippen molar-refractivity contribution in [3.05, 3.63) is 129 Å². The number of hydrogen-bond acceptors (Lipinski definition) is 0. The van der Waals surface area contributed by atoms with Crippen LogP contribution in [0.3, 0.4) is 0 Å². The van der Waals surface area contributed by atoms with Gasteiger partial charge in [-0.25, -0.2) is 0 Å². The summed E-state index contributed by atoms with van der Waals surface area (Å²) in [5.74, 6) is -0.676. The van der Waals surface area contributed by atoms with Gasteiger partial charge in [-0.15, -0.1) is 0 Å². The molecule has 0 N–H and O–H groups in total.